The number of ether oxygens (including phenoxy) is 1. The van der Waals surface area contributed by atoms with Crippen LogP contribution in [0.1, 0.15) is 10.4 Å². The number of aromatic nitrogens is 1. The number of hydrogen-bond acceptors (Lipinski definition) is 5. The minimum atomic E-state index is -3.97. The maximum Gasteiger partial charge on any atom is 0.262 e. The predicted molar refractivity (Wildman–Crippen MR) is 149 cm³/mol. The molecule has 0 spiro atoms. The Bertz CT molecular complexity index is 1730. The fourth-order valence-electron chi connectivity index (χ4n) is 3.84. The Morgan fingerprint density at radius 2 is 1.56 bits per heavy atom. The quantitative estimate of drug-likeness (QED) is 0.206. The lowest BCUT2D eigenvalue weighted by molar-refractivity contribution is -0.115. The second-order valence-corrected chi connectivity index (χ2v) is 10.2. The van der Waals surface area contributed by atoms with Gasteiger partial charge < -0.3 is 20.4 Å². The molecule has 4 aromatic carbocycles. The second-order valence-electron chi connectivity index (χ2n) is 8.55. The lowest BCUT2D eigenvalue weighted by atomic mass is 10.2. The highest BCUT2D eigenvalue weighted by Crippen LogP contribution is 2.31. The number of H-pyrrole nitrogens is 1. The van der Waals surface area contributed by atoms with E-state index in [4.69, 9.17) is 4.74 Å². The third-order valence-corrected chi connectivity index (χ3v) is 7.16. The van der Waals surface area contributed by atoms with E-state index in [0.717, 1.165) is 10.9 Å². The molecule has 0 aliphatic heterocycles. The van der Waals surface area contributed by atoms with Crippen LogP contribution in [0.5, 0.6) is 11.5 Å². The molecule has 0 saturated carbocycles. The molecule has 0 bridgehead atoms. The summed E-state index contributed by atoms with van der Waals surface area (Å²) in [4.78, 5) is 27.9. The first-order chi connectivity index (χ1) is 18.9. The van der Waals surface area contributed by atoms with Crippen LogP contribution in [-0.2, 0) is 14.8 Å². The summed E-state index contributed by atoms with van der Waals surface area (Å²) in [6.45, 7) is -0.249. The van der Waals surface area contributed by atoms with Gasteiger partial charge >= 0.3 is 0 Å². The number of carbonyl (C=O) groups is 2. The Morgan fingerprint density at radius 1 is 0.821 bits per heavy atom. The van der Waals surface area contributed by atoms with Crippen LogP contribution in [0.25, 0.3) is 10.9 Å². The van der Waals surface area contributed by atoms with Gasteiger partial charge in [-0.25, -0.2) is 8.42 Å². The second kappa shape index (κ2) is 11.1. The van der Waals surface area contributed by atoms with Crippen LogP contribution in [0, 0.1) is 0 Å². The maximum atomic E-state index is 13.0. The van der Waals surface area contributed by atoms with Crippen molar-refractivity contribution in [1.82, 2.24) is 10.3 Å². The van der Waals surface area contributed by atoms with Crippen molar-refractivity contribution in [3.63, 3.8) is 0 Å². The van der Waals surface area contributed by atoms with Gasteiger partial charge in [0.25, 0.3) is 15.9 Å². The molecular formula is C29H24N4O5S. The van der Waals surface area contributed by atoms with Crippen LogP contribution in [0.2, 0.25) is 0 Å². The molecule has 0 aliphatic rings. The molecular weight excluding hydrogens is 516 g/mol. The molecule has 1 heterocycles. The summed E-state index contributed by atoms with van der Waals surface area (Å²) in [6, 6.07) is 28.5. The van der Waals surface area contributed by atoms with Crippen molar-refractivity contribution < 1.29 is 22.7 Å². The lowest BCUT2D eigenvalue weighted by Gasteiger charge is -2.13. The van der Waals surface area contributed by atoms with Crippen molar-refractivity contribution in [2.24, 2.45) is 0 Å². The zero-order valence-corrected chi connectivity index (χ0v) is 21.4. The van der Waals surface area contributed by atoms with Crippen LogP contribution in [0.15, 0.2) is 114 Å². The summed E-state index contributed by atoms with van der Waals surface area (Å²) in [6.07, 6.45) is 1.81. The predicted octanol–water partition coefficient (Wildman–Crippen LogP) is 5.13. The molecule has 196 valence electrons. The molecule has 5 rings (SSSR count). The van der Waals surface area contributed by atoms with Crippen molar-refractivity contribution >= 4 is 44.1 Å². The van der Waals surface area contributed by atoms with Crippen molar-refractivity contribution in [1.29, 1.82) is 0 Å². The molecule has 0 aliphatic carbocycles. The monoisotopic (exact) mass is 540 g/mol. The number of aromatic amines is 1. The number of sulfonamides is 1. The minimum absolute atomic E-state index is 0.0361. The van der Waals surface area contributed by atoms with Crippen molar-refractivity contribution in [3.05, 3.63) is 115 Å². The van der Waals surface area contributed by atoms with E-state index < -0.39 is 21.8 Å². The number of anilines is 2. The minimum Gasteiger partial charge on any atom is -0.455 e. The number of carbonyl (C=O) groups excluding carboxylic acids is 2. The Morgan fingerprint density at radius 3 is 2.36 bits per heavy atom. The smallest absolute Gasteiger partial charge is 0.262 e. The highest BCUT2D eigenvalue weighted by molar-refractivity contribution is 7.92. The number of amides is 2. The fraction of sp³-hybridized carbons (Fsp3) is 0.0345. The van der Waals surface area contributed by atoms with Gasteiger partial charge in [0, 0.05) is 23.0 Å². The Hall–Kier alpha value is -5.09. The van der Waals surface area contributed by atoms with Gasteiger partial charge in [-0.3, -0.25) is 14.3 Å². The van der Waals surface area contributed by atoms with Gasteiger partial charge in [-0.2, -0.15) is 0 Å². The molecule has 2 amide bonds. The van der Waals surface area contributed by atoms with Crippen molar-refractivity contribution in [3.8, 4) is 11.5 Å². The zero-order chi connectivity index (χ0) is 27.2. The van der Waals surface area contributed by atoms with Crippen LogP contribution >= 0.6 is 0 Å². The Kier molecular flexibility index (Phi) is 7.28. The topological polar surface area (TPSA) is 129 Å². The van der Waals surface area contributed by atoms with Crippen molar-refractivity contribution in [2.45, 2.75) is 4.90 Å². The summed E-state index contributed by atoms with van der Waals surface area (Å²) < 4.78 is 34.4. The highest BCUT2D eigenvalue weighted by Gasteiger charge is 2.18. The van der Waals surface area contributed by atoms with E-state index in [1.807, 2.05) is 36.5 Å². The summed E-state index contributed by atoms with van der Waals surface area (Å²) in [5, 5.41) is 6.29. The average molecular weight is 541 g/mol. The Balaban J connectivity index is 1.19. The molecule has 1 aromatic heterocycles. The molecule has 39 heavy (non-hydrogen) atoms. The molecule has 0 atom stereocenters. The number of para-hydroxylation sites is 3. The summed E-state index contributed by atoms with van der Waals surface area (Å²) in [5.41, 5.74) is 1.96. The molecule has 10 heteroatoms. The van der Waals surface area contributed by atoms with Gasteiger partial charge in [0.05, 0.1) is 17.1 Å². The maximum absolute atomic E-state index is 13.0. The molecule has 4 N–H and O–H groups in total. The standard InChI is InChI=1S/C29H24N4O5S/c34-28(32-22-13-10-20-16-17-30-26(20)18-22)19-31-29(35)21-11-14-24(15-12-21)39(36,37)33-25-8-4-5-9-27(25)38-23-6-2-1-3-7-23/h1-18,30,33H,19H2,(H,31,35)(H,32,34). The highest BCUT2D eigenvalue weighted by atomic mass is 32.2. The van der Waals surface area contributed by atoms with E-state index in [1.165, 1.54) is 24.3 Å². The van der Waals surface area contributed by atoms with E-state index in [0.29, 0.717) is 17.2 Å². The van der Waals surface area contributed by atoms with Gasteiger partial charge in [-0.1, -0.05) is 36.4 Å². The first kappa shape index (κ1) is 25.6. The van der Waals surface area contributed by atoms with Gasteiger partial charge in [0.2, 0.25) is 5.91 Å². The number of fused-ring (bicyclic) bond motifs is 1. The van der Waals surface area contributed by atoms with E-state index in [-0.39, 0.29) is 22.7 Å². The normalized spacial score (nSPS) is 11.1. The van der Waals surface area contributed by atoms with E-state index in [2.05, 4.69) is 20.3 Å². The third-order valence-electron chi connectivity index (χ3n) is 5.78. The number of rotatable bonds is 9. The summed E-state index contributed by atoms with van der Waals surface area (Å²) in [7, 11) is -3.97. The van der Waals surface area contributed by atoms with E-state index >= 15 is 0 Å². The molecule has 9 nitrogen and oxygen atoms in total. The van der Waals surface area contributed by atoms with Gasteiger partial charge in [0.1, 0.15) is 5.75 Å². The van der Waals surface area contributed by atoms with Crippen LogP contribution in [-0.4, -0.2) is 31.8 Å². The van der Waals surface area contributed by atoms with Gasteiger partial charge in [-0.05, 0) is 72.1 Å². The van der Waals surface area contributed by atoms with E-state index in [9.17, 15) is 18.0 Å². The first-order valence-electron chi connectivity index (χ1n) is 12.0. The molecule has 0 radical (unpaired) electrons. The van der Waals surface area contributed by atoms with Gasteiger partial charge in [0.15, 0.2) is 5.75 Å². The van der Waals surface area contributed by atoms with Gasteiger partial charge in [-0.15, -0.1) is 0 Å². The molecule has 0 fully saturated rings. The largest absolute Gasteiger partial charge is 0.455 e. The Labute approximate surface area is 224 Å². The average Bonchev–Trinajstić information content (AvgIpc) is 3.41. The fourth-order valence-corrected chi connectivity index (χ4v) is 4.91. The molecule has 5 aromatic rings. The number of benzene rings is 4. The zero-order valence-electron chi connectivity index (χ0n) is 20.5. The summed E-state index contributed by atoms with van der Waals surface area (Å²) >= 11 is 0. The van der Waals surface area contributed by atoms with Crippen LogP contribution in [0.3, 0.4) is 0 Å². The van der Waals surface area contributed by atoms with Crippen LogP contribution in [0.4, 0.5) is 11.4 Å². The van der Waals surface area contributed by atoms with E-state index in [1.54, 1.807) is 48.5 Å². The molecule has 0 saturated heterocycles. The summed E-state index contributed by atoms with van der Waals surface area (Å²) in [5.74, 6) is 0.00155. The first-order valence-corrected chi connectivity index (χ1v) is 13.5. The van der Waals surface area contributed by atoms with Crippen LogP contribution < -0.4 is 20.1 Å². The van der Waals surface area contributed by atoms with Crippen molar-refractivity contribution in [2.75, 3.05) is 16.6 Å². The third kappa shape index (κ3) is 6.25. The number of nitrogens with one attached hydrogen (secondary N) is 4. The SMILES string of the molecule is O=C(CNC(=O)c1ccc(S(=O)(=O)Nc2ccccc2Oc2ccccc2)cc1)Nc1ccc2cc[nH]c2c1. The molecule has 0 unspecified atom stereocenters. The number of hydrogen-bond donors (Lipinski definition) is 4. The lowest BCUT2D eigenvalue weighted by Crippen LogP contribution is -2.32.